The SMILES string of the molecule is CCCCN(CC(=O)N(Cc1ccccc1)Cc1ccc(C)s1)C(=O)c1ccc(C(F)(F)F)cc1. The van der Waals surface area contributed by atoms with E-state index in [1.807, 2.05) is 56.3 Å². The fourth-order valence-corrected chi connectivity index (χ4v) is 4.55. The average molecular weight is 503 g/mol. The highest BCUT2D eigenvalue weighted by molar-refractivity contribution is 7.11. The van der Waals surface area contributed by atoms with Crippen molar-refractivity contribution < 1.29 is 22.8 Å². The second-order valence-corrected chi connectivity index (χ2v) is 9.78. The highest BCUT2D eigenvalue weighted by Crippen LogP contribution is 2.29. The van der Waals surface area contributed by atoms with E-state index in [4.69, 9.17) is 0 Å². The summed E-state index contributed by atoms with van der Waals surface area (Å²) in [5, 5.41) is 0. The Labute approximate surface area is 208 Å². The number of unbranched alkanes of at least 4 members (excludes halogenated alkanes) is 1. The molecule has 0 saturated carbocycles. The van der Waals surface area contributed by atoms with Crippen molar-refractivity contribution in [3.63, 3.8) is 0 Å². The van der Waals surface area contributed by atoms with Crippen LogP contribution in [-0.2, 0) is 24.1 Å². The topological polar surface area (TPSA) is 40.6 Å². The first-order valence-electron chi connectivity index (χ1n) is 11.5. The molecule has 0 fully saturated rings. The minimum absolute atomic E-state index is 0.130. The molecule has 3 aromatic rings. The summed E-state index contributed by atoms with van der Waals surface area (Å²) in [6, 6.07) is 17.8. The maximum atomic E-state index is 13.4. The number of halogens is 3. The number of carbonyl (C=O) groups excluding carboxylic acids is 2. The lowest BCUT2D eigenvalue weighted by atomic mass is 10.1. The highest BCUT2D eigenvalue weighted by Gasteiger charge is 2.30. The standard InChI is InChI=1S/C27H29F3N2O2S/c1-3-4-16-31(26(34)22-11-13-23(14-12-22)27(28,29)30)19-25(33)32(17-21-8-6-5-7-9-21)18-24-15-10-20(2)35-24/h5-15H,3-4,16-19H2,1-2H3. The van der Waals surface area contributed by atoms with Crippen LogP contribution in [0.3, 0.4) is 0 Å². The molecule has 0 spiro atoms. The molecule has 1 aromatic heterocycles. The van der Waals surface area contributed by atoms with E-state index >= 15 is 0 Å². The molecular weight excluding hydrogens is 473 g/mol. The van der Waals surface area contributed by atoms with Crippen LogP contribution in [0.5, 0.6) is 0 Å². The van der Waals surface area contributed by atoms with Crippen LogP contribution in [0.2, 0.25) is 0 Å². The Hall–Kier alpha value is -3.13. The van der Waals surface area contributed by atoms with Gasteiger partial charge in [-0.3, -0.25) is 9.59 Å². The number of rotatable bonds is 10. The largest absolute Gasteiger partial charge is 0.416 e. The Kier molecular flexibility index (Phi) is 9.09. The van der Waals surface area contributed by atoms with Gasteiger partial charge >= 0.3 is 6.18 Å². The average Bonchev–Trinajstić information content (AvgIpc) is 3.25. The van der Waals surface area contributed by atoms with Crippen molar-refractivity contribution in [2.24, 2.45) is 0 Å². The number of aryl methyl sites for hydroxylation is 1. The molecule has 1 heterocycles. The molecule has 0 radical (unpaired) electrons. The smallest absolute Gasteiger partial charge is 0.332 e. The quantitative estimate of drug-likeness (QED) is 0.316. The summed E-state index contributed by atoms with van der Waals surface area (Å²) in [6.45, 7) is 5.00. The number of hydrogen-bond donors (Lipinski definition) is 0. The molecule has 0 aliphatic carbocycles. The first-order valence-corrected chi connectivity index (χ1v) is 12.3. The minimum Gasteiger partial charge on any atom is -0.332 e. The van der Waals surface area contributed by atoms with Gasteiger partial charge in [0, 0.05) is 28.4 Å². The normalized spacial score (nSPS) is 11.3. The molecule has 0 atom stereocenters. The van der Waals surface area contributed by atoms with Gasteiger partial charge in [0.1, 0.15) is 6.54 Å². The second-order valence-electron chi connectivity index (χ2n) is 8.40. The van der Waals surface area contributed by atoms with E-state index in [0.29, 0.717) is 26.1 Å². The van der Waals surface area contributed by atoms with Crippen LogP contribution >= 0.6 is 11.3 Å². The predicted molar refractivity (Wildman–Crippen MR) is 132 cm³/mol. The number of alkyl halides is 3. The Morgan fingerprint density at radius 3 is 2.14 bits per heavy atom. The van der Waals surface area contributed by atoms with Gasteiger partial charge in [0.05, 0.1) is 12.1 Å². The molecule has 0 aliphatic heterocycles. The fraction of sp³-hybridized carbons (Fsp3) is 0.333. The number of amides is 2. The summed E-state index contributed by atoms with van der Waals surface area (Å²) in [4.78, 5) is 32.0. The van der Waals surface area contributed by atoms with Crippen molar-refractivity contribution in [1.29, 1.82) is 0 Å². The van der Waals surface area contributed by atoms with E-state index in [-0.39, 0.29) is 18.0 Å². The lowest BCUT2D eigenvalue weighted by molar-refractivity contribution is -0.137. The second kappa shape index (κ2) is 12.0. The molecule has 186 valence electrons. The van der Waals surface area contributed by atoms with Crippen LogP contribution in [0, 0.1) is 6.92 Å². The van der Waals surface area contributed by atoms with Crippen molar-refractivity contribution in [3.8, 4) is 0 Å². The van der Waals surface area contributed by atoms with E-state index < -0.39 is 17.6 Å². The summed E-state index contributed by atoms with van der Waals surface area (Å²) in [5.41, 5.74) is 0.291. The Balaban J connectivity index is 1.80. The maximum absolute atomic E-state index is 13.4. The summed E-state index contributed by atoms with van der Waals surface area (Å²) in [6.07, 6.45) is -2.98. The van der Waals surface area contributed by atoms with Crippen LogP contribution in [0.1, 0.15) is 51.0 Å². The third-order valence-electron chi connectivity index (χ3n) is 5.57. The van der Waals surface area contributed by atoms with Crippen LogP contribution < -0.4 is 0 Å². The molecule has 3 rings (SSSR count). The maximum Gasteiger partial charge on any atom is 0.416 e. The monoisotopic (exact) mass is 502 g/mol. The number of carbonyl (C=O) groups is 2. The molecule has 4 nitrogen and oxygen atoms in total. The zero-order chi connectivity index (χ0) is 25.4. The van der Waals surface area contributed by atoms with Crippen LogP contribution in [-0.4, -0.2) is 34.7 Å². The van der Waals surface area contributed by atoms with Gasteiger partial charge in [0.2, 0.25) is 5.91 Å². The molecule has 8 heteroatoms. The van der Waals surface area contributed by atoms with Crippen LogP contribution in [0.4, 0.5) is 13.2 Å². The first-order chi connectivity index (χ1) is 16.7. The summed E-state index contributed by atoms with van der Waals surface area (Å²) in [7, 11) is 0. The van der Waals surface area contributed by atoms with E-state index in [0.717, 1.165) is 33.9 Å². The van der Waals surface area contributed by atoms with Gasteiger partial charge in [-0.05, 0) is 55.3 Å². The van der Waals surface area contributed by atoms with Crippen molar-refractivity contribution >= 4 is 23.2 Å². The van der Waals surface area contributed by atoms with Gasteiger partial charge < -0.3 is 9.80 Å². The minimum atomic E-state index is -4.47. The summed E-state index contributed by atoms with van der Waals surface area (Å²) < 4.78 is 38.8. The fourth-order valence-electron chi connectivity index (χ4n) is 3.64. The molecule has 0 N–H and O–H groups in total. The van der Waals surface area contributed by atoms with Crippen LogP contribution in [0.15, 0.2) is 66.7 Å². The summed E-state index contributed by atoms with van der Waals surface area (Å²) >= 11 is 1.62. The van der Waals surface area contributed by atoms with Gasteiger partial charge in [-0.15, -0.1) is 11.3 Å². The van der Waals surface area contributed by atoms with Crippen molar-refractivity contribution in [3.05, 3.63) is 93.2 Å². The third-order valence-corrected chi connectivity index (χ3v) is 6.55. The van der Waals surface area contributed by atoms with Gasteiger partial charge in [0.25, 0.3) is 5.91 Å². The van der Waals surface area contributed by atoms with E-state index in [1.165, 1.54) is 17.0 Å². The Morgan fingerprint density at radius 2 is 1.57 bits per heavy atom. The zero-order valence-corrected chi connectivity index (χ0v) is 20.7. The molecule has 35 heavy (non-hydrogen) atoms. The highest BCUT2D eigenvalue weighted by atomic mass is 32.1. The number of nitrogens with zero attached hydrogens (tertiary/aromatic N) is 2. The van der Waals surface area contributed by atoms with Gasteiger partial charge in [0.15, 0.2) is 0 Å². The van der Waals surface area contributed by atoms with E-state index in [1.54, 1.807) is 16.2 Å². The molecule has 0 saturated heterocycles. The lowest BCUT2D eigenvalue weighted by Gasteiger charge is -2.28. The zero-order valence-electron chi connectivity index (χ0n) is 19.8. The number of thiophene rings is 1. The van der Waals surface area contributed by atoms with Gasteiger partial charge in [-0.1, -0.05) is 43.7 Å². The van der Waals surface area contributed by atoms with Crippen molar-refractivity contribution in [2.45, 2.75) is 46.0 Å². The van der Waals surface area contributed by atoms with E-state index in [2.05, 4.69) is 0 Å². The van der Waals surface area contributed by atoms with Crippen LogP contribution in [0.25, 0.3) is 0 Å². The molecule has 0 aliphatic rings. The Morgan fingerprint density at radius 1 is 0.886 bits per heavy atom. The molecule has 0 unspecified atom stereocenters. The molecule has 0 bridgehead atoms. The van der Waals surface area contributed by atoms with Gasteiger partial charge in [-0.2, -0.15) is 13.2 Å². The lowest BCUT2D eigenvalue weighted by Crippen LogP contribution is -2.42. The predicted octanol–water partition coefficient (Wildman–Crippen LogP) is 6.55. The third kappa shape index (κ3) is 7.68. The molecule has 2 aromatic carbocycles. The molecule has 2 amide bonds. The number of benzene rings is 2. The molecular formula is C27H29F3N2O2S. The van der Waals surface area contributed by atoms with Crippen molar-refractivity contribution in [2.75, 3.05) is 13.1 Å². The van der Waals surface area contributed by atoms with Crippen molar-refractivity contribution in [1.82, 2.24) is 9.80 Å². The van der Waals surface area contributed by atoms with Gasteiger partial charge in [-0.25, -0.2) is 0 Å². The van der Waals surface area contributed by atoms with E-state index in [9.17, 15) is 22.8 Å². The Bertz CT molecular complexity index is 1110. The summed E-state index contributed by atoms with van der Waals surface area (Å²) in [5.74, 6) is -0.663. The first kappa shape index (κ1) is 26.5. The number of hydrogen-bond acceptors (Lipinski definition) is 3.